The van der Waals surface area contributed by atoms with Crippen LogP contribution in [0, 0.1) is 5.41 Å². The zero-order chi connectivity index (χ0) is 46.4. The molecule has 0 unspecified atom stereocenters. The normalized spacial score (nSPS) is 14.4. The van der Waals surface area contributed by atoms with Crippen molar-refractivity contribution < 1.29 is 103 Å². The number of alkyl halides is 10. The maximum atomic E-state index is 14.9. The van der Waals surface area contributed by atoms with Crippen LogP contribution in [0.5, 0.6) is 0 Å². The fraction of sp³-hybridized carbons (Fsp3) is 1.00. The molecule has 0 spiro atoms. The van der Waals surface area contributed by atoms with Crippen molar-refractivity contribution in [1.82, 2.24) is 0 Å². The smallest absolute Gasteiger partial charge is 0.377 e. The standard InChI is InChI=1S/C34H66F10O13Si3/c1-45-33(41,42)27-56-26-31(37,38)24-32(39,40)57-34(43,44)28-55-25-30(35,36)20-12-11-16-29(17-13-21-58(46-2,47-3)48-4,18-14-22-59(49-5,50-6)51-7)19-15-23-60(52-8,53-9)54-10/h11-28H2,1-10H3. The number of unbranched alkanes of at least 4 members (excludes halogenated alkanes) is 1. The van der Waals surface area contributed by atoms with E-state index in [9.17, 15) is 43.9 Å². The number of hydrogen-bond donors (Lipinski definition) is 0. The van der Waals surface area contributed by atoms with E-state index < -0.39 is 101 Å². The van der Waals surface area contributed by atoms with Crippen molar-refractivity contribution in [2.75, 3.05) is 97.5 Å². The second kappa shape index (κ2) is 27.0. The van der Waals surface area contributed by atoms with Crippen molar-refractivity contribution >= 4 is 26.4 Å². The van der Waals surface area contributed by atoms with Crippen LogP contribution in [-0.2, 0) is 58.8 Å². The van der Waals surface area contributed by atoms with Crippen molar-refractivity contribution in [3.63, 3.8) is 0 Å². The van der Waals surface area contributed by atoms with Gasteiger partial charge in [0.05, 0.1) is 0 Å². The average Bonchev–Trinajstić information content (AvgIpc) is 3.18. The molecule has 0 aromatic rings. The maximum Gasteiger partial charge on any atom is 0.500 e. The molecule has 0 aliphatic rings. The maximum absolute atomic E-state index is 14.9. The van der Waals surface area contributed by atoms with Gasteiger partial charge in [0.25, 0.3) is 11.8 Å². The molecule has 0 atom stereocenters. The predicted molar refractivity (Wildman–Crippen MR) is 202 cm³/mol. The zero-order valence-corrected chi connectivity index (χ0v) is 39.3. The van der Waals surface area contributed by atoms with E-state index in [1.54, 1.807) is 0 Å². The van der Waals surface area contributed by atoms with Crippen LogP contribution in [0.4, 0.5) is 43.9 Å². The SMILES string of the molecule is COC(F)(F)COCC(F)(F)CC(F)(F)OC(F)(F)COCC(F)(F)CCCCC(CCC[Si](OC)(OC)OC)(CCC[Si](OC)(OC)OC)CCC[Si](OC)(OC)OC. The van der Waals surface area contributed by atoms with Crippen molar-refractivity contribution in [3.8, 4) is 0 Å². The van der Waals surface area contributed by atoms with Gasteiger partial charge in [0.2, 0.25) is 0 Å². The Kier molecular flexibility index (Phi) is 26.8. The number of rotatable bonds is 39. The van der Waals surface area contributed by atoms with Crippen LogP contribution in [0.25, 0.3) is 0 Å². The predicted octanol–water partition coefficient (Wildman–Crippen LogP) is 8.64. The van der Waals surface area contributed by atoms with Gasteiger partial charge >= 0.3 is 44.7 Å². The Hall–Kier alpha value is -0.569. The summed E-state index contributed by atoms with van der Waals surface area (Å²) in [6.45, 7) is -7.48. The van der Waals surface area contributed by atoms with Gasteiger partial charge < -0.3 is 54.0 Å². The van der Waals surface area contributed by atoms with Gasteiger partial charge in [-0.3, -0.25) is 4.74 Å². The number of methoxy groups -OCH3 is 1. The lowest BCUT2D eigenvalue weighted by molar-refractivity contribution is -0.397. The quantitative estimate of drug-likeness (QED) is 0.0333. The molecular weight excluding hydrogens is 891 g/mol. The molecule has 0 heterocycles. The first-order valence-electron chi connectivity index (χ1n) is 19.0. The van der Waals surface area contributed by atoms with Crippen LogP contribution >= 0.6 is 0 Å². The van der Waals surface area contributed by atoms with Gasteiger partial charge in [0.15, 0.2) is 0 Å². The second-order valence-corrected chi connectivity index (χ2v) is 23.5. The molecule has 13 nitrogen and oxygen atoms in total. The molecule has 60 heavy (non-hydrogen) atoms. The first kappa shape index (κ1) is 59.4. The van der Waals surface area contributed by atoms with E-state index in [1.807, 2.05) is 0 Å². The molecule has 0 bridgehead atoms. The van der Waals surface area contributed by atoms with Crippen LogP contribution < -0.4 is 0 Å². The summed E-state index contributed by atoms with van der Waals surface area (Å²) >= 11 is 0. The van der Waals surface area contributed by atoms with E-state index in [4.69, 9.17) is 39.8 Å². The summed E-state index contributed by atoms with van der Waals surface area (Å²) in [6.07, 6.45) is -13.6. The van der Waals surface area contributed by atoms with Crippen molar-refractivity contribution in [3.05, 3.63) is 0 Å². The lowest BCUT2D eigenvalue weighted by Gasteiger charge is -2.37. The third-order valence-electron chi connectivity index (χ3n) is 10.1. The lowest BCUT2D eigenvalue weighted by Crippen LogP contribution is -2.43. The van der Waals surface area contributed by atoms with E-state index >= 15 is 0 Å². The van der Waals surface area contributed by atoms with Crippen molar-refractivity contribution in [2.45, 2.75) is 119 Å². The first-order chi connectivity index (χ1) is 27.8. The molecular formula is C34H66F10O13Si3. The highest BCUT2D eigenvalue weighted by Crippen LogP contribution is 2.44. The Morgan fingerprint density at radius 2 is 0.667 bits per heavy atom. The van der Waals surface area contributed by atoms with Gasteiger partial charge in [-0.05, 0) is 56.8 Å². The summed E-state index contributed by atoms with van der Waals surface area (Å²) in [5, 5.41) is 0. The average molecular weight is 957 g/mol. The molecule has 0 fully saturated rings. The molecule has 0 rings (SSSR count). The molecule has 362 valence electrons. The van der Waals surface area contributed by atoms with Crippen LogP contribution in [0.15, 0.2) is 0 Å². The lowest BCUT2D eigenvalue weighted by atomic mass is 9.72. The molecule has 0 amide bonds. The Labute approximate surface area is 350 Å². The Bertz CT molecular complexity index is 1060. The summed E-state index contributed by atoms with van der Waals surface area (Å²) in [7, 11) is 5.02. The molecule has 0 aromatic carbocycles. The Morgan fingerprint density at radius 3 is 1.02 bits per heavy atom. The zero-order valence-electron chi connectivity index (χ0n) is 36.3. The molecule has 0 saturated heterocycles. The first-order valence-corrected chi connectivity index (χ1v) is 24.8. The highest BCUT2D eigenvalue weighted by atomic mass is 28.4. The molecule has 26 heteroatoms. The third kappa shape index (κ3) is 22.4. The highest BCUT2D eigenvalue weighted by Gasteiger charge is 2.52. The Balaban J connectivity index is 5.84. The van der Waals surface area contributed by atoms with Gasteiger partial charge in [-0.15, -0.1) is 0 Å². The van der Waals surface area contributed by atoms with Crippen LogP contribution in [0.2, 0.25) is 18.1 Å². The van der Waals surface area contributed by atoms with E-state index in [-0.39, 0.29) is 12.8 Å². The summed E-state index contributed by atoms with van der Waals surface area (Å²) in [5.41, 5.74) is -0.464. The number of hydrogen-bond acceptors (Lipinski definition) is 13. The molecule has 0 aromatic heterocycles. The summed E-state index contributed by atoms with van der Waals surface area (Å²) in [5.74, 6) is -8.30. The van der Waals surface area contributed by atoms with Gasteiger partial charge in [-0.2, -0.15) is 26.3 Å². The van der Waals surface area contributed by atoms with Crippen molar-refractivity contribution in [1.29, 1.82) is 0 Å². The molecule has 0 saturated carbocycles. The van der Waals surface area contributed by atoms with Crippen LogP contribution in [0.1, 0.15) is 70.6 Å². The van der Waals surface area contributed by atoms with E-state index in [1.165, 1.54) is 64.0 Å². The third-order valence-corrected chi connectivity index (χ3v) is 18.6. The van der Waals surface area contributed by atoms with Gasteiger partial charge in [0.1, 0.15) is 32.8 Å². The summed E-state index contributed by atoms with van der Waals surface area (Å²) < 4.78 is 206. The topological polar surface area (TPSA) is 120 Å². The largest absolute Gasteiger partial charge is 0.500 e. The fourth-order valence-corrected chi connectivity index (χ4v) is 11.9. The van der Waals surface area contributed by atoms with Crippen molar-refractivity contribution in [2.24, 2.45) is 5.41 Å². The van der Waals surface area contributed by atoms with Gasteiger partial charge in [0, 0.05) is 95.7 Å². The van der Waals surface area contributed by atoms with Crippen LogP contribution in [-0.4, -0.2) is 154 Å². The molecule has 0 radical (unpaired) electrons. The van der Waals surface area contributed by atoms with E-state index in [0.717, 1.165) is 0 Å². The summed E-state index contributed by atoms with van der Waals surface area (Å²) in [6, 6.07) is 1.38. The molecule has 0 N–H and O–H groups in total. The van der Waals surface area contributed by atoms with Gasteiger partial charge in [-0.1, -0.05) is 6.42 Å². The second-order valence-electron chi connectivity index (χ2n) is 14.2. The molecule has 0 aliphatic carbocycles. The van der Waals surface area contributed by atoms with E-state index in [0.29, 0.717) is 70.2 Å². The molecule has 0 aliphatic heterocycles. The minimum Gasteiger partial charge on any atom is -0.377 e. The minimum absolute atomic E-state index is 0.0940. The summed E-state index contributed by atoms with van der Waals surface area (Å²) in [4.78, 5) is 0. The monoisotopic (exact) mass is 956 g/mol. The number of halogens is 10. The van der Waals surface area contributed by atoms with E-state index in [2.05, 4.69) is 18.9 Å². The van der Waals surface area contributed by atoms with Crippen LogP contribution in [0.3, 0.4) is 0 Å². The minimum atomic E-state index is -5.24. The van der Waals surface area contributed by atoms with Gasteiger partial charge in [-0.25, -0.2) is 17.6 Å². The Morgan fingerprint density at radius 1 is 0.350 bits per heavy atom. The fourth-order valence-electron chi connectivity index (χ4n) is 6.75. The highest BCUT2D eigenvalue weighted by molar-refractivity contribution is 6.61. The number of ether oxygens (including phenoxy) is 4.